The summed E-state index contributed by atoms with van der Waals surface area (Å²) in [4.78, 5) is 6.19. The average molecular weight is 246 g/mol. The molecule has 0 unspecified atom stereocenters. The first kappa shape index (κ1) is 11.0. The standard InChI is InChI=1S/C14H18N2S/c1-11-15-13-6-2-3-7-14(13)16(11)9-8-12-5-4-10-17-12/h4-5,10H,2-3,6-9H2,1H3. The summed E-state index contributed by atoms with van der Waals surface area (Å²) in [6, 6.07) is 4.36. The quantitative estimate of drug-likeness (QED) is 0.812. The van der Waals surface area contributed by atoms with Gasteiger partial charge in [0, 0.05) is 17.1 Å². The molecular weight excluding hydrogens is 228 g/mol. The van der Waals surface area contributed by atoms with Gasteiger partial charge in [-0.3, -0.25) is 0 Å². The van der Waals surface area contributed by atoms with Gasteiger partial charge in [-0.05, 0) is 50.5 Å². The van der Waals surface area contributed by atoms with Crippen LogP contribution in [0.5, 0.6) is 0 Å². The Morgan fingerprint density at radius 3 is 3.06 bits per heavy atom. The molecule has 2 aromatic rings. The lowest BCUT2D eigenvalue weighted by molar-refractivity contribution is 0.597. The summed E-state index contributed by atoms with van der Waals surface area (Å²) in [6.07, 6.45) is 6.19. The van der Waals surface area contributed by atoms with E-state index in [1.165, 1.54) is 47.8 Å². The van der Waals surface area contributed by atoms with E-state index < -0.39 is 0 Å². The summed E-state index contributed by atoms with van der Waals surface area (Å²) in [5.74, 6) is 1.20. The molecule has 0 fully saturated rings. The summed E-state index contributed by atoms with van der Waals surface area (Å²) in [7, 11) is 0. The van der Waals surface area contributed by atoms with Crippen LogP contribution in [0.3, 0.4) is 0 Å². The van der Waals surface area contributed by atoms with Gasteiger partial charge < -0.3 is 4.57 Å². The van der Waals surface area contributed by atoms with Crippen LogP contribution < -0.4 is 0 Å². The molecular formula is C14H18N2S. The Labute approximate surface area is 106 Å². The van der Waals surface area contributed by atoms with Gasteiger partial charge in [0.05, 0.1) is 5.69 Å². The summed E-state index contributed by atoms with van der Waals surface area (Å²) in [6.45, 7) is 3.24. The van der Waals surface area contributed by atoms with Crippen molar-refractivity contribution < 1.29 is 0 Å². The average Bonchev–Trinajstić information content (AvgIpc) is 2.93. The second-order valence-electron chi connectivity index (χ2n) is 4.74. The predicted molar refractivity (Wildman–Crippen MR) is 71.6 cm³/mol. The minimum atomic E-state index is 1.09. The van der Waals surface area contributed by atoms with Gasteiger partial charge >= 0.3 is 0 Å². The summed E-state index contributed by atoms with van der Waals surface area (Å²) in [5, 5.41) is 2.16. The molecule has 0 aliphatic heterocycles. The van der Waals surface area contributed by atoms with Crippen LogP contribution in [-0.4, -0.2) is 9.55 Å². The Hall–Kier alpha value is -1.09. The van der Waals surface area contributed by atoms with E-state index in [4.69, 9.17) is 4.98 Å². The maximum atomic E-state index is 4.72. The van der Waals surface area contributed by atoms with Crippen molar-refractivity contribution in [3.05, 3.63) is 39.6 Å². The molecule has 0 aromatic carbocycles. The molecule has 90 valence electrons. The molecule has 0 bridgehead atoms. The largest absolute Gasteiger partial charge is 0.332 e. The Balaban J connectivity index is 1.80. The van der Waals surface area contributed by atoms with Crippen molar-refractivity contribution >= 4 is 11.3 Å². The first-order valence-electron chi connectivity index (χ1n) is 6.42. The van der Waals surface area contributed by atoms with Crippen molar-refractivity contribution in [3.63, 3.8) is 0 Å². The smallest absolute Gasteiger partial charge is 0.106 e. The lowest BCUT2D eigenvalue weighted by atomic mass is 10.0. The van der Waals surface area contributed by atoms with E-state index in [-0.39, 0.29) is 0 Å². The number of rotatable bonds is 3. The molecule has 0 spiro atoms. The highest BCUT2D eigenvalue weighted by molar-refractivity contribution is 7.09. The minimum absolute atomic E-state index is 1.09. The lowest BCUT2D eigenvalue weighted by Gasteiger charge is -2.14. The summed E-state index contributed by atoms with van der Waals surface area (Å²) < 4.78 is 2.44. The molecule has 1 aliphatic rings. The van der Waals surface area contributed by atoms with Crippen LogP contribution in [0.25, 0.3) is 0 Å². The van der Waals surface area contributed by atoms with Gasteiger partial charge in [-0.25, -0.2) is 4.98 Å². The Morgan fingerprint density at radius 1 is 1.35 bits per heavy atom. The van der Waals surface area contributed by atoms with Gasteiger partial charge in [0.25, 0.3) is 0 Å². The highest BCUT2D eigenvalue weighted by Gasteiger charge is 2.17. The minimum Gasteiger partial charge on any atom is -0.332 e. The molecule has 1 aliphatic carbocycles. The SMILES string of the molecule is Cc1nc2c(n1CCc1cccs1)CCCC2. The van der Waals surface area contributed by atoms with E-state index >= 15 is 0 Å². The molecule has 0 radical (unpaired) electrons. The van der Waals surface area contributed by atoms with E-state index in [2.05, 4.69) is 29.0 Å². The molecule has 2 nitrogen and oxygen atoms in total. The van der Waals surface area contributed by atoms with Crippen LogP contribution in [0.1, 0.15) is 34.9 Å². The zero-order valence-electron chi connectivity index (χ0n) is 10.3. The third-order valence-corrected chi connectivity index (χ3v) is 4.52. The van der Waals surface area contributed by atoms with E-state index in [9.17, 15) is 0 Å². The number of hydrogen-bond donors (Lipinski definition) is 0. The molecule has 3 heteroatoms. The van der Waals surface area contributed by atoms with Gasteiger partial charge in [-0.2, -0.15) is 0 Å². The van der Waals surface area contributed by atoms with Crippen molar-refractivity contribution in [2.24, 2.45) is 0 Å². The summed E-state index contributed by atoms with van der Waals surface area (Å²) >= 11 is 1.85. The molecule has 3 rings (SSSR count). The van der Waals surface area contributed by atoms with Crippen LogP contribution >= 0.6 is 11.3 Å². The molecule has 0 saturated heterocycles. The van der Waals surface area contributed by atoms with Crippen LogP contribution in [-0.2, 0) is 25.8 Å². The van der Waals surface area contributed by atoms with Crippen molar-refractivity contribution in [3.8, 4) is 0 Å². The third-order valence-electron chi connectivity index (χ3n) is 3.59. The molecule has 0 saturated carbocycles. The van der Waals surface area contributed by atoms with Gasteiger partial charge in [-0.15, -0.1) is 11.3 Å². The van der Waals surface area contributed by atoms with E-state index in [1.54, 1.807) is 0 Å². The van der Waals surface area contributed by atoms with Crippen LogP contribution in [0.4, 0.5) is 0 Å². The fraction of sp³-hybridized carbons (Fsp3) is 0.500. The van der Waals surface area contributed by atoms with Gasteiger partial charge in [0.2, 0.25) is 0 Å². The predicted octanol–water partition coefficient (Wildman–Crippen LogP) is 3.37. The van der Waals surface area contributed by atoms with Crippen LogP contribution in [0.15, 0.2) is 17.5 Å². The number of fused-ring (bicyclic) bond motifs is 1. The second kappa shape index (κ2) is 4.65. The number of aryl methyl sites for hydroxylation is 3. The Morgan fingerprint density at radius 2 is 2.24 bits per heavy atom. The zero-order chi connectivity index (χ0) is 11.7. The van der Waals surface area contributed by atoms with Gasteiger partial charge in [0.15, 0.2) is 0 Å². The number of aromatic nitrogens is 2. The molecule has 0 atom stereocenters. The number of imidazole rings is 1. The first-order valence-corrected chi connectivity index (χ1v) is 7.30. The molecule has 2 aromatic heterocycles. The normalized spacial score (nSPS) is 14.9. The summed E-state index contributed by atoms with van der Waals surface area (Å²) in [5.41, 5.74) is 2.87. The molecule has 0 amide bonds. The second-order valence-corrected chi connectivity index (χ2v) is 5.77. The van der Waals surface area contributed by atoms with E-state index in [1.807, 2.05) is 11.3 Å². The number of hydrogen-bond acceptors (Lipinski definition) is 2. The fourth-order valence-electron chi connectivity index (χ4n) is 2.71. The van der Waals surface area contributed by atoms with Crippen molar-refractivity contribution in [1.29, 1.82) is 0 Å². The number of nitrogens with zero attached hydrogens (tertiary/aromatic N) is 2. The van der Waals surface area contributed by atoms with Crippen LogP contribution in [0, 0.1) is 6.92 Å². The third kappa shape index (κ3) is 2.16. The van der Waals surface area contributed by atoms with Gasteiger partial charge in [0.1, 0.15) is 5.82 Å². The topological polar surface area (TPSA) is 17.8 Å². The Bertz CT molecular complexity index is 497. The van der Waals surface area contributed by atoms with E-state index in [0.717, 1.165) is 13.0 Å². The fourth-order valence-corrected chi connectivity index (χ4v) is 3.41. The van der Waals surface area contributed by atoms with Gasteiger partial charge in [-0.1, -0.05) is 6.07 Å². The highest BCUT2D eigenvalue weighted by atomic mass is 32.1. The monoisotopic (exact) mass is 246 g/mol. The Kier molecular flexibility index (Phi) is 3.02. The molecule has 0 N–H and O–H groups in total. The maximum Gasteiger partial charge on any atom is 0.106 e. The number of thiophene rings is 1. The van der Waals surface area contributed by atoms with Crippen molar-refractivity contribution in [2.45, 2.75) is 45.6 Å². The zero-order valence-corrected chi connectivity index (χ0v) is 11.1. The van der Waals surface area contributed by atoms with E-state index in [0.29, 0.717) is 0 Å². The van der Waals surface area contributed by atoms with Crippen molar-refractivity contribution in [2.75, 3.05) is 0 Å². The maximum absolute atomic E-state index is 4.72. The highest BCUT2D eigenvalue weighted by Crippen LogP contribution is 2.22. The first-order chi connectivity index (χ1) is 8.34. The lowest BCUT2D eigenvalue weighted by Crippen LogP contribution is -2.10. The van der Waals surface area contributed by atoms with Crippen LogP contribution in [0.2, 0.25) is 0 Å². The molecule has 17 heavy (non-hydrogen) atoms. The molecule has 2 heterocycles. The van der Waals surface area contributed by atoms with Crippen molar-refractivity contribution in [1.82, 2.24) is 9.55 Å².